The Labute approximate surface area is 160 Å². The second-order valence-corrected chi connectivity index (χ2v) is 8.42. The highest BCUT2D eigenvalue weighted by Crippen LogP contribution is 2.40. The molecule has 27 heavy (non-hydrogen) atoms. The molecular formula is C20H30N4O3. The molecule has 148 valence electrons. The number of carbonyl (C=O) groups is 2. The fourth-order valence-electron chi connectivity index (χ4n) is 4.34. The molecule has 2 saturated heterocycles. The van der Waals surface area contributed by atoms with Crippen molar-refractivity contribution < 1.29 is 14.1 Å². The first kappa shape index (κ1) is 18.5. The standard InChI is InChI=1S/C20H30N4O3/c1-13-10-16(22-20(26)17-12-18(27-23-17)15-2-3-15)6-9-24(13)19(25)11-14-4-7-21-8-5-14/h12-16,21H,2-11H2,1H3,(H,22,26)/t13-,16+/m0/s1. The predicted molar refractivity (Wildman–Crippen MR) is 100 cm³/mol. The van der Waals surface area contributed by atoms with E-state index in [4.69, 9.17) is 4.52 Å². The molecule has 2 aliphatic heterocycles. The Morgan fingerprint density at radius 2 is 2.04 bits per heavy atom. The van der Waals surface area contributed by atoms with Crippen molar-refractivity contribution in [3.63, 3.8) is 0 Å². The Bertz CT molecular complexity index is 679. The Morgan fingerprint density at radius 3 is 2.74 bits per heavy atom. The third kappa shape index (κ3) is 4.51. The van der Waals surface area contributed by atoms with Crippen LogP contribution in [-0.4, -0.2) is 53.6 Å². The van der Waals surface area contributed by atoms with Crippen LogP contribution in [0.5, 0.6) is 0 Å². The zero-order valence-electron chi connectivity index (χ0n) is 16.1. The fourth-order valence-corrected chi connectivity index (χ4v) is 4.34. The van der Waals surface area contributed by atoms with Crippen LogP contribution in [0.4, 0.5) is 0 Å². The number of rotatable bonds is 5. The van der Waals surface area contributed by atoms with Crippen molar-refractivity contribution in [1.82, 2.24) is 20.7 Å². The first-order valence-corrected chi connectivity index (χ1v) is 10.4. The first-order valence-electron chi connectivity index (χ1n) is 10.4. The molecule has 2 N–H and O–H groups in total. The molecule has 3 fully saturated rings. The highest BCUT2D eigenvalue weighted by atomic mass is 16.5. The number of nitrogens with one attached hydrogen (secondary N) is 2. The summed E-state index contributed by atoms with van der Waals surface area (Å²) < 4.78 is 5.27. The van der Waals surface area contributed by atoms with E-state index in [1.165, 1.54) is 0 Å². The van der Waals surface area contributed by atoms with Crippen molar-refractivity contribution in [2.75, 3.05) is 19.6 Å². The molecule has 0 spiro atoms. The maximum absolute atomic E-state index is 12.7. The lowest BCUT2D eigenvalue weighted by Gasteiger charge is -2.38. The molecule has 1 aliphatic carbocycles. The summed E-state index contributed by atoms with van der Waals surface area (Å²) >= 11 is 0. The van der Waals surface area contributed by atoms with Gasteiger partial charge >= 0.3 is 0 Å². The van der Waals surface area contributed by atoms with Crippen LogP contribution in [0.3, 0.4) is 0 Å². The second kappa shape index (κ2) is 8.00. The zero-order chi connectivity index (χ0) is 18.8. The number of nitrogens with zero attached hydrogens (tertiary/aromatic N) is 2. The normalized spacial score (nSPS) is 26.8. The molecule has 0 aromatic carbocycles. The smallest absolute Gasteiger partial charge is 0.273 e. The average molecular weight is 374 g/mol. The fraction of sp³-hybridized carbons (Fsp3) is 0.750. The number of hydrogen-bond donors (Lipinski definition) is 2. The van der Waals surface area contributed by atoms with Crippen molar-refractivity contribution in [3.8, 4) is 0 Å². The minimum absolute atomic E-state index is 0.0801. The summed E-state index contributed by atoms with van der Waals surface area (Å²) in [6.45, 7) is 4.83. The molecule has 0 unspecified atom stereocenters. The van der Waals surface area contributed by atoms with Gasteiger partial charge < -0.3 is 20.1 Å². The number of likely N-dealkylation sites (tertiary alicyclic amines) is 1. The Balaban J connectivity index is 1.26. The van der Waals surface area contributed by atoms with Crippen LogP contribution in [0.15, 0.2) is 10.6 Å². The van der Waals surface area contributed by atoms with Crippen LogP contribution in [0.1, 0.15) is 74.0 Å². The van der Waals surface area contributed by atoms with Gasteiger partial charge in [-0.1, -0.05) is 5.16 Å². The van der Waals surface area contributed by atoms with E-state index in [1.807, 2.05) is 4.90 Å². The van der Waals surface area contributed by atoms with Gasteiger partial charge in [0.1, 0.15) is 5.76 Å². The van der Waals surface area contributed by atoms with E-state index in [0.717, 1.165) is 57.4 Å². The predicted octanol–water partition coefficient (Wildman–Crippen LogP) is 2.05. The van der Waals surface area contributed by atoms with Gasteiger partial charge in [-0.15, -0.1) is 0 Å². The van der Waals surface area contributed by atoms with E-state index < -0.39 is 0 Å². The van der Waals surface area contributed by atoms with Gasteiger partial charge in [-0.05, 0) is 64.5 Å². The SMILES string of the molecule is C[C@H]1C[C@H](NC(=O)c2cc(C3CC3)on2)CCN1C(=O)CC1CCNCC1. The van der Waals surface area contributed by atoms with E-state index in [0.29, 0.717) is 30.5 Å². The van der Waals surface area contributed by atoms with Crippen molar-refractivity contribution in [3.05, 3.63) is 17.5 Å². The second-order valence-electron chi connectivity index (χ2n) is 8.42. The molecule has 2 amide bonds. The number of amides is 2. The van der Waals surface area contributed by atoms with Gasteiger partial charge in [-0.25, -0.2) is 0 Å². The summed E-state index contributed by atoms with van der Waals surface area (Å²) in [5.41, 5.74) is 0.369. The van der Waals surface area contributed by atoms with E-state index in [2.05, 4.69) is 22.7 Å². The van der Waals surface area contributed by atoms with Crippen LogP contribution in [0.25, 0.3) is 0 Å². The van der Waals surface area contributed by atoms with Crippen LogP contribution >= 0.6 is 0 Å². The van der Waals surface area contributed by atoms with E-state index in [-0.39, 0.29) is 23.9 Å². The quantitative estimate of drug-likeness (QED) is 0.824. The number of piperidine rings is 2. The Morgan fingerprint density at radius 1 is 1.26 bits per heavy atom. The van der Waals surface area contributed by atoms with Crippen LogP contribution in [-0.2, 0) is 4.79 Å². The van der Waals surface area contributed by atoms with Crippen molar-refractivity contribution in [2.24, 2.45) is 5.92 Å². The minimum Gasteiger partial charge on any atom is -0.360 e. The molecule has 0 bridgehead atoms. The largest absolute Gasteiger partial charge is 0.360 e. The van der Waals surface area contributed by atoms with Crippen molar-refractivity contribution >= 4 is 11.8 Å². The number of carbonyl (C=O) groups excluding carboxylic acids is 2. The van der Waals surface area contributed by atoms with Crippen molar-refractivity contribution in [1.29, 1.82) is 0 Å². The lowest BCUT2D eigenvalue weighted by molar-refractivity contribution is -0.135. The van der Waals surface area contributed by atoms with E-state index in [9.17, 15) is 9.59 Å². The molecule has 3 heterocycles. The molecule has 1 aromatic heterocycles. The van der Waals surface area contributed by atoms with E-state index in [1.54, 1.807) is 6.07 Å². The monoisotopic (exact) mass is 374 g/mol. The molecule has 4 rings (SSSR count). The number of aromatic nitrogens is 1. The summed E-state index contributed by atoms with van der Waals surface area (Å²) in [5.74, 6) is 1.89. The van der Waals surface area contributed by atoms with Gasteiger partial charge in [-0.3, -0.25) is 9.59 Å². The highest BCUT2D eigenvalue weighted by molar-refractivity contribution is 5.92. The minimum atomic E-state index is -0.169. The molecule has 3 aliphatic rings. The lowest BCUT2D eigenvalue weighted by atomic mass is 9.92. The summed E-state index contributed by atoms with van der Waals surface area (Å²) in [4.78, 5) is 27.1. The maximum atomic E-state index is 12.7. The highest BCUT2D eigenvalue weighted by Gasteiger charge is 2.32. The van der Waals surface area contributed by atoms with Gasteiger partial charge in [0.15, 0.2) is 5.69 Å². The van der Waals surface area contributed by atoms with E-state index >= 15 is 0 Å². The third-order valence-electron chi connectivity index (χ3n) is 6.19. The molecule has 7 nitrogen and oxygen atoms in total. The summed E-state index contributed by atoms with van der Waals surface area (Å²) in [6.07, 6.45) is 6.67. The van der Waals surface area contributed by atoms with Crippen LogP contribution < -0.4 is 10.6 Å². The van der Waals surface area contributed by atoms with Crippen LogP contribution in [0.2, 0.25) is 0 Å². The topological polar surface area (TPSA) is 87.5 Å². The molecule has 1 saturated carbocycles. The van der Waals surface area contributed by atoms with Gasteiger partial charge in [0.25, 0.3) is 5.91 Å². The van der Waals surface area contributed by atoms with Gasteiger partial charge in [0.2, 0.25) is 5.91 Å². The molecule has 7 heteroatoms. The lowest BCUT2D eigenvalue weighted by Crippen LogP contribution is -2.51. The Kier molecular flexibility index (Phi) is 5.48. The van der Waals surface area contributed by atoms with Gasteiger partial charge in [0, 0.05) is 37.0 Å². The molecule has 1 aromatic rings. The van der Waals surface area contributed by atoms with Crippen molar-refractivity contribution in [2.45, 2.75) is 69.9 Å². The maximum Gasteiger partial charge on any atom is 0.273 e. The molecule has 2 atom stereocenters. The first-order chi connectivity index (χ1) is 13.1. The number of hydrogen-bond acceptors (Lipinski definition) is 5. The Hall–Kier alpha value is -1.89. The summed E-state index contributed by atoms with van der Waals surface area (Å²) in [5, 5.41) is 10.3. The van der Waals surface area contributed by atoms with Crippen LogP contribution in [0, 0.1) is 5.92 Å². The molecule has 0 radical (unpaired) electrons. The zero-order valence-corrected chi connectivity index (χ0v) is 16.1. The summed E-state index contributed by atoms with van der Waals surface area (Å²) in [7, 11) is 0. The third-order valence-corrected chi connectivity index (χ3v) is 6.19. The van der Waals surface area contributed by atoms with Gasteiger partial charge in [0.05, 0.1) is 0 Å². The van der Waals surface area contributed by atoms with Gasteiger partial charge in [-0.2, -0.15) is 0 Å². The molecular weight excluding hydrogens is 344 g/mol. The summed E-state index contributed by atoms with van der Waals surface area (Å²) in [6, 6.07) is 2.00. The average Bonchev–Trinajstić information content (AvgIpc) is 3.39.